The number of ether oxygens (including phenoxy) is 3. The summed E-state index contributed by atoms with van der Waals surface area (Å²) in [6.07, 6.45) is -3.44. The third-order valence-corrected chi connectivity index (χ3v) is 5.46. The number of methoxy groups -OCH3 is 1. The van der Waals surface area contributed by atoms with Gasteiger partial charge in [-0.25, -0.2) is 4.98 Å². The number of nitrogens with one attached hydrogen (secondary N) is 2. The highest BCUT2D eigenvalue weighted by Gasteiger charge is 2.37. The summed E-state index contributed by atoms with van der Waals surface area (Å²) in [5, 5.41) is 5.71. The van der Waals surface area contributed by atoms with Crippen LogP contribution in [0.4, 0.5) is 24.8 Å². The van der Waals surface area contributed by atoms with Gasteiger partial charge >= 0.3 is 6.18 Å². The van der Waals surface area contributed by atoms with Crippen LogP contribution >= 0.6 is 0 Å². The molecule has 1 aliphatic rings. The Hall–Kier alpha value is -3.86. The van der Waals surface area contributed by atoms with Crippen LogP contribution in [0.1, 0.15) is 47.8 Å². The van der Waals surface area contributed by atoms with Crippen molar-refractivity contribution in [1.29, 1.82) is 0 Å². The van der Waals surface area contributed by atoms with Crippen molar-refractivity contribution in [2.75, 3.05) is 19.0 Å². The average Bonchev–Trinajstić information content (AvgIpc) is 2.83. The van der Waals surface area contributed by atoms with Crippen LogP contribution < -0.4 is 20.1 Å². The number of aromatic nitrogens is 2. The fourth-order valence-corrected chi connectivity index (χ4v) is 3.73. The first kappa shape index (κ1) is 26.2. The monoisotopic (exact) mass is 516 g/mol. The molecule has 1 amide bonds. The van der Waals surface area contributed by atoms with Gasteiger partial charge in [0.2, 0.25) is 11.8 Å². The Bertz CT molecular complexity index is 1310. The van der Waals surface area contributed by atoms with E-state index in [4.69, 9.17) is 14.2 Å². The van der Waals surface area contributed by atoms with Crippen molar-refractivity contribution in [3.8, 4) is 17.4 Å². The number of amides is 1. The molecule has 2 aromatic carbocycles. The molecule has 0 radical (unpaired) electrons. The Morgan fingerprint density at radius 1 is 1.11 bits per heavy atom. The fourth-order valence-electron chi connectivity index (χ4n) is 3.73. The molecule has 2 N–H and O–H groups in total. The predicted octanol–water partition coefficient (Wildman–Crippen LogP) is 5.64. The predicted molar refractivity (Wildman–Crippen MR) is 130 cm³/mol. The zero-order chi connectivity index (χ0) is 26.8. The van der Waals surface area contributed by atoms with Crippen LogP contribution in [0, 0.1) is 0 Å². The van der Waals surface area contributed by atoms with E-state index in [2.05, 4.69) is 20.6 Å². The van der Waals surface area contributed by atoms with Gasteiger partial charge in [-0.05, 0) is 57.0 Å². The van der Waals surface area contributed by atoms with Crippen LogP contribution in [0.2, 0.25) is 0 Å². The summed E-state index contributed by atoms with van der Waals surface area (Å²) in [5.74, 6) is -0.576. The molecule has 3 aromatic rings. The molecule has 0 saturated carbocycles. The van der Waals surface area contributed by atoms with Crippen molar-refractivity contribution >= 4 is 17.5 Å². The van der Waals surface area contributed by atoms with E-state index in [1.165, 1.54) is 13.2 Å². The Morgan fingerprint density at radius 3 is 2.59 bits per heavy atom. The zero-order valence-electron chi connectivity index (χ0n) is 20.8. The van der Waals surface area contributed by atoms with E-state index in [-0.39, 0.29) is 30.0 Å². The molecular weight excluding hydrogens is 489 g/mol. The van der Waals surface area contributed by atoms with Crippen LogP contribution in [0.15, 0.2) is 42.6 Å². The molecule has 0 aliphatic carbocycles. The smallest absolute Gasteiger partial charge is 0.423 e. The number of halogens is 3. The number of anilines is 2. The summed E-state index contributed by atoms with van der Waals surface area (Å²) in [6.45, 7) is 6.34. The molecule has 1 aliphatic heterocycles. The summed E-state index contributed by atoms with van der Waals surface area (Å²) in [4.78, 5) is 20.4. The molecule has 0 saturated heterocycles. The Labute approximate surface area is 212 Å². The highest BCUT2D eigenvalue weighted by molar-refractivity contribution is 5.95. The second kappa shape index (κ2) is 10.3. The summed E-state index contributed by atoms with van der Waals surface area (Å²) in [6, 6.07) is 9.82. The summed E-state index contributed by atoms with van der Waals surface area (Å²) in [5.41, 5.74) is 0.784. The van der Waals surface area contributed by atoms with Crippen molar-refractivity contribution in [1.82, 2.24) is 15.3 Å². The molecule has 196 valence electrons. The summed E-state index contributed by atoms with van der Waals surface area (Å²) < 4.78 is 57.8. The lowest BCUT2D eigenvalue weighted by Crippen LogP contribution is -2.40. The van der Waals surface area contributed by atoms with Gasteiger partial charge in [0.15, 0.2) is 0 Å². The Morgan fingerprint density at radius 2 is 1.89 bits per heavy atom. The molecule has 0 atom stereocenters. The molecule has 0 bridgehead atoms. The van der Waals surface area contributed by atoms with E-state index in [9.17, 15) is 18.0 Å². The van der Waals surface area contributed by atoms with E-state index in [1.54, 1.807) is 24.3 Å². The first-order valence-electron chi connectivity index (χ1n) is 11.5. The SMILES string of the molecule is COc1cc(C(=O)NC(C)(C)C)ccc1Nc1ncc(C(F)(F)F)c(Oc2cccc3c2COCC3)n1. The van der Waals surface area contributed by atoms with Crippen molar-refractivity contribution in [3.05, 3.63) is 64.8 Å². The maximum Gasteiger partial charge on any atom is 0.423 e. The van der Waals surface area contributed by atoms with Crippen LogP contribution in [0.3, 0.4) is 0 Å². The first-order chi connectivity index (χ1) is 17.4. The normalized spacial score (nSPS) is 13.5. The van der Waals surface area contributed by atoms with E-state index in [0.29, 0.717) is 36.0 Å². The van der Waals surface area contributed by atoms with E-state index in [1.807, 2.05) is 26.8 Å². The number of rotatable bonds is 6. The van der Waals surface area contributed by atoms with Crippen LogP contribution in [-0.2, 0) is 23.9 Å². The Kier molecular flexibility index (Phi) is 7.26. The number of fused-ring (bicyclic) bond motifs is 1. The minimum Gasteiger partial charge on any atom is -0.495 e. The molecule has 0 fully saturated rings. The minimum atomic E-state index is -4.74. The lowest BCUT2D eigenvalue weighted by molar-refractivity contribution is -0.139. The molecule has 0 unspecified atom stereocenters. The summed E-state index contributed by atoms with van der Waals surface area (Å²) in [7, 11) is 1.41. The molecule has 2 heterocycles. The first-order valence-corrected chi connectivity index (χ1v) is 11.5. The maximum absolute atomic E-state index is 13.7. The highest BCUT2D eigenvalue weighted by Crippen LogP contribution is 2.39. The van der Waals surface area contributed by atoms with E-state index in [0.717, 1.165) is 5.56 Å². The van der Waals surface area contributed by atoms with Gasteiger partial charge < -0.3 is 24.8 Å². The maximum atomic E-state index is 13.7. The third kappa shape index (κ3) is 6.29. The van der Waals surface area contributed by atoms with Gasteiger partial charge in [0, 0.05) is 22.9 Å². The van der Waals surface area contributed by atoms with Crippen molar-refractivity contribution in [2.45, 2.75) is 45.5 Å². The van der Waals surface area contributed by atoms with Crippen molar-refractivity contribution in [2.24, 2.45) is 0 Å². The fraction of sp³-hybridized carbons (Fsp3) is 0.346. The topological polar surface area (TPSA) is 94.6 Å². The summed E-state index contributed by atoms with van der Waals surface area (Å²) >= 11 is 0. The second-order valence-electron chi connectivity index (χ2n) is 9.45. The molecule has 11 heteroatoms. The number of hydrogen-bond acceptors (Lipinski definition) is 7. The quantitative estimate of drug-likeness (QED) is 0.438. The highest BCUT2D eigenvalue weighted by atomic mass is 19.4. The van der Waals surface area contributed by atoms with Gasteiger partial charge in [-0.1, -0.05) is 12.1 Å². The second-order valence-corrected chi connectivity index (χ2v) is 9.45. The van der Waals surface area contributed by atoms with Gasteiger partial charge in [0.05, 0.1) is 26.0 Å². The average molecular weight is 517 g/mol. The minimum absolute atomic E-state index is 0.144. The van der Waals surface area contributed by atoms with Crippen molar-refractivity contribution < 1.29 is 32.2 Å². The van der Waals surface area contributed by atoms with Gasteiger partial charge in [-0.15, -0.1) is 0 Å². The van der Waals surface area contributed by atoms with Gasteiger partial charge in [0.1, 0.15) is 17.1 Å². The molecule has 4 rings (SSSR count). The van der Waals surface area contributed by atoms with Gasteiger partial charge in [-0.2, -0.15) is 18.2 Å². The molecule has 37 heavy (non-hydrogen) atoms. The number of carbonyl (C=O) groups excluding carboxylic acids is 1. The Balaban J connectivity index is 1.65. The van der Waals surface area contributed by atoms with Crippen LogP contribution in [-0.4, -0.2) is 35.1 Å². The molecule has 0 spiro atoms. The number of nitrogens with zero attached hydrogens (tertiary/aromatic N) is 2. The largest absolute Gasteiger partial charge is 0.495 e. The standard InChI is InChI=1S/C26H27F3N4O4/c1-25(2,3)33-22(34)16-8-9-19(21(12-16)35-4)31-24-30-13-18(26(27,28)29)23(32-24)37-20-7-5-6-15-10-11-36-14-17(15)20/h5-9,12-13H,10-11,14H2,1-4H3,(H,33,34)(H,30,31,32). The molecule has 8 nitrogen and oxygen atoms in total. The van der Waals surface area contributed by atoms with E-state index < -0.39 is 23.2 Å². The number of hydrogen-bond donors (Lipinski definition) is 2. The van der Waals surface area contributed by atoms with Crippen LogP contribution in [0.5, 0.6) is 17.4 Å². The van der Waals surface area contributed by atoms with Crippen LogP contribution in [0.25, 0.3) is 0 Å². The van der Waals surface area contributed by atoms with Gasteiger partial charge in [0.25, 0.3) is 5.91 Å². The molecular formula is C26H27F3N4O4. The number of carbonyl (C=O) groups is 1. The number of benzene rings is 2. The zero-order valence-corrected chi connectivity index (χ0v) is 20.8. The number of alkyl halides is 3. The third-order valence-electron chi connectivity index (χ3n) is 5.46. The van der Waals surface area contributed by atoms with Crippen molar-refractivity contribution in [3.63, 3.8) is 0 Å². The molecule has 1 aromatic heterocycles. The van der Waals surface area contributed by atoms with Gasteiger partial charge in [-0.3, -0.25) is 4.79 Å². The lowest BCUT2D eigenvalue weighted by Gasteiger charge is -2.21. The van der Waals surface area contributed by atoms with E-state index >= 15 is 0 Å². The lowest BCUT2D eigenvalue weighted by atomic mass is 10.0.